The lowest BCUT2D eigenvalue weighted by atomic mass is 9.70. The summed E-state index contributed by atoms with van der Waals surface area (Å²) in [5.74, 6) is 1.49. The summed E-state index contributed by atoms with van der Waals surface area (Å²) in [6, 6.07) is 0. The van der Waals surface area contributed by atoms with Crippen molar-refractivity contribution in [2.75, 3.05) is 0 Å². The van der Waals surface area contributed by atoms with Crippen molar-refractivity contribution in [2.45, 2.75) is 70.5 Å². The Hall–Kier alpha value is -0.320. The van der Waals surface area contributed by atoms with Crippen LogP contribution in [0.4, 0.5) is 17.6 Å². The molecule has 5 heteroatoms. The minimum atomic E-state index is -4.72. The largest absolute Gasteiger partial charge is 0.522 e. The predicted molar refractivity (Wildman–Crippen MR) is 64.3 cm³/mol. The third-order valence-electron chi connectivity index (χ3n) is 4.77. The summed E-state index contributed by atoms with van der Waals surface area (Å²) >= 11 is 0. The van der Waals surface area contributed by atoms with Crippen LogP contribution in [-0.2, 0) is 4.74 Å². The highest BCUT2D eigenvalue weighted by Gasteiger charge is 2.42. The van der Waals surface area contributed by atoms with Gasteiger partial charge in [0.15, 0.2) is 0 Å². The molecule has 0 heterocycles. The molecule has 2 aliphatic carbocycles. The Labute approximate surface area is 111 Å². The molecule has 0 amide bonds. The summed E-state index contributed by atoms with van der Waals surface area (Å²) < 4.78 is 54.1. The summed E-state index contributed by atoms with van der Waals surface area (Å²) in [5.41, 5.74) is 0. The van der Waals surface area contributed by atoms with Crippen LogP contribution in [0.1, 0.15) is 51.9 Å². The highest BCUT2D eigenvalue weighted by atomic mass is 19.4. The topological polar surface area (TPSA) is 9.23 Å². The fraction of sp³-hybridized carbons (Fsp3) is 1.00. The second kappa shape index (κ2) is 5.98. The van der Waals surface area contributed by atoms with Gasteiger partial charge < -0.3 is 0 Å². The predicted octanol–water partition coefficient (Wildman–Crippen LogP) is 4.86. The van der Waals surface area contributed by atoms with Gasteiger partial charge in [0.25, 0.3) is 0 Å². The molecule has 0 aromatic rings. The van der Waals surface area contributed by atoms with Gasteiger partial charge in [-0.05, 0) is 49.9 Å². The number of alkyl halides is 4. The molecule has 0 N–H and O–H groups in total. The van der Waals surface area contributed by atoms with Gasteiger partial charge in [0, 0.05) is 0 Å². The zero-order valence-corrected chi connectivity index (χ0v) is 11.3. The molecule has 2 saturated carbocycles. The Bertz CT molecular complexity index is 284. The van der Waals surface area contributed by atoms with E-state index < -0.39 is 18.6 Å². The van der Waals surface area contributed by atoms with E-state index in [0.717, 1.165) is 18.8 Å². The van der Waals surface area contributed by atoms with E-state index in [9.17, 15) is 17.6 Å². The van der Waals surface area contributed by atoms with Crippen molar-refractivity contribution in [3.8, 4) is 0 Å². The van der Waals surface area contributed by atoms with Crippen LogP contribution in [0, 0.1) is 17.8 Å². The SMILES string of the molecule is CC1CCC(C2CCC(OC(F)(F)F)C(F)C2)CC1. The van der Waals surface area contributed by atoms with Crippen molar-refractivity contribution in [2.24, 2.45) is 17.8 Å². The highest BCUT2D eigenvalue weighted by Crippen LogP contribution is 2.42. The average Bonchev–Trinajstić information content (AvgIpc) is 2.31. The van der Waals surface area contributed by atoms with E-state index in [1.165, 1.54) is 12.8 Å². The zero-order chi connectivity index (χ0) is 14.0. The molecule has 0 radical (unpaired) electrons. The molecule has 0 saturated heterocycles. The van der Waals surface area contributed by atoms with E-state index in [1.54, 1.807) is 0 Å². The van der Waals surface area contributed by atoms with E-state index in [-0.39, 0.29) is 18.8 Å². The van der Waals surface area contributed by atoms with Crippen molar-refractivity contribution in [3.63, 3.8) is 0 Å². The van der Waals surface area contributed by atoms with Gasteiger partial charge in [-0.3, -0.25) is 4.74 Å². The molecular formula is C14H22F4O. The van der Waals surface area contributed by atoms with Gasteiger partial charge in [-0.25, -0.2) is 4.39 Å². The lowest BCUT2D eigenvalue weighted by Crippen LogP contribution is -2.39. The standard InChI is InChI=1S/C14H22F4O/c1-9-2-4-10(5-3-9)11-6-7-13(12(15)8-11)19-14(16,17)18/h9-13H,2-8H2,1H3. The Kier molecular flexibility index (Phi) is 4.75. The molecule has 2 rings (SSSR count). The first kappa shape index (κ1) is 15.1. The quantitative estimate of drug-likeness (QED) is 0.657. The molecule has 0 bridgehead atoms. The molecule has 0 aromatic heterocycles. The molecule has 0 spiro atoms. The normalized spacial score (nSPS) is 41.2. The summed E-state index contributed by atoms with van der Waals surface area (Å²) in [6.45, 7) is 2.22. The number of halogens is 4. The van der Waals surface area contributed by atoms with Crippen LogP contribution in [0.5, 0.6) is 0 Å². The lowest BCUT2D eigenvalue weighted by Gasteiger charge is -2.38. The van der Waals surface area contributed by atoms with Crippen molar-refractivity contribution in [1.29, 1.82) is 0 Å². The number of hydrogen-bond donors (Lipinski definition) is 0. The van der Waals surface area contributed by atoms with Crippen LogP contribution in [0.25, 0.3) is 0 Å². The van der Waals surface area contributed by atoms with Crippen molar-refractivity contribution < 1.29 is 22.3 Å². The van der Waals surface area contributed by atoms with Crippen LogP contribution in [0.2, 0.25) is 0 Å². The molecule has 0 aliphatic heterocycles. The average molecular weight is 282 g/mol. The Balaban J connectivity index is 1.82. The summed E-state index contributed by atoms with van der Waals surface area (Å²) in [7, 11) is 0. The maximum atomic E-state index is 13.8. The summed E-state index contributed by atoms with van der Waals surface area (Å²) in [6.07, 6.45) is -1.86. The van der Waals surface area contributed by atoms with Crippen LogP contribution < -0.4 is 0 Å². The van der Waals surface area contributed by atoms with Crippen LogP contribution >= 0.6 is 0 Å². The molecule has 112 valence electrons. The highest BCUT2D eigenvalue weighted by molar-refractivity contribution is 4.86. The first-order valence-electron chi connectivity index (χ1n) is 7.23. The van der Waals surface area contributed by atoms with E-state index >= 15 is 0 Å². The fourth-order valence-corrected chi connectivity index (χ4v) is 3.61. The monoisotopic (exact) mass is 282 g/mol. The zero-order valence-electron chi connectivity index (χ0n) is 11.3. The van der Waals surface area contributed by atoms with E-state index in [2.05, 4.69) is 11.7 Å². The van der Waals surface area contributed by atoms with Crippen molar-refractivity contribution in [3.05, 3.63) is 0 Å². The third kappa shape index (κ3) is 4.33. The first-order chi connectivity index (χ1) is 8.85. The van der Waals surface area contributed by atoms with Gasteiger partial charge in [-0.1, -0.05) is 19.8 Å². The molecule has 3 unspecified atom stereocenters. The van der Waals surface area contributed by atoms with Gasteiger partial charge in [-0.15, -0.1) is 13.2 Å². The molecular weight excluding hydrogens is 260 g/mol. The molecule has 2 aliphatic rings. The second-order valence-corrected chi connectivity index (χ2v) is 6.21. The van der Waals surface area contributed by atoms with E-state index in [0.29, 0.717) is 12.3 Å². The lowest BCUT2D eigenvalue weighted by molar-refractivity contribution is -0.352. The Morgan fingerprint density at radius 2 is 1.47 bits per heavy atom. The minimum Gasteiger partial charge on any atom is -0.286 e. The van der Waals surface area contributed by atoms with Crippen LogP contribution in [-0.4, -0.2) is 18.6 Å². The van der Waals surface area contributed by atoms with E-state index in [4.69, 9.17) is 0 Å². The third-order valence-corrected chi connectivity index (χ3v) is 4.77. The number of rotatable bonds is 2. The molecule has 19 heavy (non-hydrogen) atoms. The fourth-order valence-electron chi connectivity index (χ4n) is 3.61. The van der Waals surface area contributed by atoms with Gasteiger partial charge >= 0.3 is 6.36 Å². The second-order valence-electron chi connectivity index (χ2n) is 6.21. The van der Waals surface area contributed by atoms with Crippen molar-refractivity contribution in [1.82, 2.24) is 0 Å². The van der Waals surface area contributed by atoms with Gasteiger partial charge in [0.1, 0.15) is 6.17 Å². The van der Waals surface area contributed by atoms with E-state index in [1.807, 2.05) is 0 Å². The minimum absolute atomic E-state index is 0.192. The first-order valence-corrected chi connectivity index (χ1v) is 7.23. The molecule has 0 aromatic carbocycles. The molecule has 1 nitrogen and oxygen atoms in total. The summed E-state index contributed by atoms with van der Waals surface area (Å²) in [4.78, 5) is 0. The number of hydrogen-bond acceptors (Lipinski definition) is 1. The number of ether oxygens (including phenoxy) is 1. The van der Waals surface area contributed by atoms with Crippen LogP contribution in [0.3, 0.4) is 0 Å². The summed E-state index contributed by atoms with van der Waals surface area (Å²) in [5, 5.41) is 0. The Morgan fingerprint density at radius 3 is 2.00 bits per heavy atom. The molecule has 2 fully saturated rings. The maximum absolute atomic E-state index is 13.8. The smallest absolute Gasteiger partial charge is 0.286 e. The molecule has 3 atom stereocenters. The van der Waals surface area contributed by atoms with Crippen molar-refractivity contribution >= 4 is 0 Å². The van der Waals surface area contributed by atoms with Gasteiger partial charge in [0.05, 0.1) is 6.10 Å². The van der Waals surface area contributed by atoms with Gasteiger partial charge in [-0.2, -0.15) is 0 Å². The maximum Gasteiger partial charge on any atom is 0.522 e. The Morgan fingerprint density at radius 1 is 0.895 bits per heavy atom. The van der Waals surface area contributed by atoms with Gasteiger partial charge in [0.2, 0.25) is 0 Å². The van der Waals surface area contributed by atoms with Crippen LogP contribution in [0.15, 0.2) is 0 Å².